The van der Waals surface area contributed by atoms with Gasteiger partial charge in [0.1, 0.15) is 5.41 Å². The molecule has 0 radical (unpaired) electrons. The Morgan fingerprint density at radius 1 is 1.44 bits per heavy atom. The molecular weight excluding hydrogens is 224 g/mol. The van der Waals surface area contributed by atoms with Crippen LogP contribution in [0.5, 0.6) is 0 Å². The zero-order chi connectivity index (χ0) is 13.0. The summed E-state index contributed by atoms with van der Waals surface area (Å²) in [5, 5.41) is 12.2. The molecule has 0 bridgehead atoms. The molecule has 1 aliphatic rings. The molecule has 1 atom stereocenters. The van der Waals surface area contributed by atoms with Crippen LogP contribution >= 0.6 is 0 Å². The van der Waals surface area contributed by atoms with E-state index in [4.69, 9.17) is 5.26 Å². The third kappa shape index (κ3) is 2.24. The Hall–Kier alpha value is -1.82. The van der Waals surface area contributed by atoms with Gasteiger partial charge in [-0.25, -0.2) is 0 Å². The van der Waals surface area contributed by atoms with E-state index in [9.17, 15) is 4.79 Å². The first kappa shape index (κ1) is 12.6. The summed E-state index contributed by atoms with van der Waals surface area (Å²) < 4.78 is 0. The van der Waals surface area contributed by atoms with Crippen LogP contribution in [-0.2, 0) is 4.79 Å². The monoisotopic (exact) mass is 242 g/mol. The topological polar surface area (TPSA) is 52.9 Å². The molecular formula is C15H18N2O. The SMILES string of the molecule is CCC(NC(=O)C1(C#N)CCC1)c1ccccc1. The third-order valence-electron chi connectivity index (χ3n) is 3.77. The smallest absolute Gasteiger partial charge is 0.240 e. The van der Waals surface area contributed by atoms with E-state index >= 15 is 0 Å². The lowest BCUT2D eigenvalue weighted by atomic mass is 9.69. The quantitative estimate of drug-likeness (QED) is 0.882. The van der Waals surface area contributed by atoms with Crippen LogP contribution in [0.2, 0.25) is 0 Å². The van der Waals surface area contributed by atoms with Gasteiger partial charge in [0, 0.05) is 0 Å². The number of carbonyl (C=O) groups is 1. The average molecular weight is 242 g/mol. The van der Waals surface area contributed by atoms with Crippen LogP contribution in [0.15, 0.2) is 30.3 Å². The number of nitrogens with one attached hydrogen (secondary N) is 1. The van der Waals surface area contributed by atoms with Crippen molar-refractivity contribution < 1.29 is 4.79 Å². The van der Waals surface area contributed by atoms with Crippen LogP contribution < -0.4 is 5.32 Å². The van der Waals surface area contributed by atoms with Gasteiger partial charge in [-0.15, -0.1) is 0 Å². The Balaban J connectivity index is 2.08. The van der Waals surface area contributed by atoms with Crippen LogP contribution in [0.4, 0.5) is 0 Å². The molecule has 1 amide bonds. The van der Waals surface area contributed by atoms with Crippen molar-refractivity contribution in [2.24, 2.45) is 5.41 Å². The van der Waals surface area contributed by atoms with Crippen LogP contribution in [0, 0.1) is 16.7 Å². The van der Waals surface area contributed by atoms with E-state index in [0.717, 1.165) is 18.4 Å². The molecule has 1 N–H and O–H groups in total. The van der Waals surface area contributed by atoms with E-state index in [1.165, 1.54) is 0 Å². The second-order valence-electron chi connectivity index (χ2n) is 4.89. The summed E-state index contributed by atoms with van der Waals surface area (Å²) in [6, 6.07) is 12.1. The van der Waals surface area contributed by atoms with Crippen LogP contribution in [0.3, 0.4) is 0 Å². The van der Waals surface area contributed by atoms with Gasteiger partial charge in [0.2, 0.25) is 5.91 Å². The maximum absolute atomic E-state index is 12.2. The molecule has 0 aromatic heterocycles. The van der Waals surface area contributed by atoms with Gasteiger partial charge < -0.3 is 5.32 Å². The highest BCUT2D eigenvalue weighted by molar-refractivity contribution is 5.86. The minimum atomic E-state index is -0.762. The number of hydrogen-bond donors (Lipinski definition) is 1. The highest BCUT2D eigenvalue weighted by atomic mass is 16.2. The Kier molecular flexibility index (Phi) is 3.66. The number of nitrogens with zero attached hydrogens (tertiary/aromatic N) is 1. The van der Waals surface area contributed by atoms with E-state index in [-0.39, 0.29) is 11.9 Å². The molecule has 0 aliphatic heterocycles. The van der Waals surface area contributed by atoms with Crippen molar-refractivity contribution in [1.82, 2.24) is 5.32 Å². The first-order chi connectivity index (χ1) is 8.72. The average Bonchev–Trinajstić information content (AvgIpc) is 2.36. The van der Waals surface area contributed by atoms with Gasteiger partial charge in [0.15, 0.2) is 0 Å². The van der Waals surface area contributed by atoms with Gasteiger partial charge in [-0.05, 0) is 31.2 Å². The molecule has 2 rings (SSSR count). The number of rotatable bonds is 4. The molecule has 0 heterocycles. The lowest BCUT2D eigenvalue weighted by Crippen LogP contribution is -2.45. The Labute approximate surface area is 108 Å². The van der Waals surface area contributed by atoms with Gasteiger partial charge in [0.05, 0.1) is 12.1 Å². The molecule has 3 nitrogen and oxygen atoms in total. The van der Waals surface area contributed by atoms with E-state index < -0.39 is 5.41 Å². The molecule has 0 saturated heterocycles. The summed E-state index contributed by atoms with van der Waals surface area (Å²) in [6.07, 6.45) is 3.20. The third-order valence-corrected chi connectivity index (χ3v) is 3.77. The molecule has 18 heavy (non-hydrogen) atoms. The van der Waals surface area contributed by atoms with Crippen molar-refractivity contribution in [1.29, 1.82) is 5.26 Å². The number of hydrogen-bond acceptors (Lipinski definition) is 2. The van der Waals surface area contributed by atoms with Gasteiger partial charge in [-0.1, -0.05) is 37.3 Å². The number of benzene rings is 1. The van der Waals surface area contributed by atoms with Crippen molar-refractivity contribution in [3.63, 3.8) is 0 Å². The van der Waals surface area contributed by atoms with E-state index in [1.54, 1.807) is 0 Å². The van der Waals surface area contributed by atoms with Gasteiger partial charge in [-0.3, -0.25) is 4.79 Å². The molecule has 1 saturated carbocycles. The lowest BCUT2D eigenvalue weighted by Gasteiger charge is -2.34. The fourth-order valence-corrected chi connectivity index (χ4v) is 2.32. The highest BCUT2D eigenvalue weighted by Gasteiger charge is 2.45. The molecule has 0 spiro atoms. The summed E-state index contributed by atoms with van der Waals surface area (Å²) in [6.45, 7) is 2.04. The first-order valence-corrected chi connectivity index (χ1v) is 6.49. The fraction of sp³-hybridized carbons (Fsp3) is 0.467. The summed E-state index contributed by atoms with van der Waals surface area (Å²) in [5.74, 6) is -0.105. The molecule has 1 unspecified atom stereocenters. The van der Waals surface area contributed by atoms with Crippen LogP contribution in [0.1, 0.15) is 44.2 Å². The second-order valence-corrected chi connectivity index (χ2v) is 4.89. The van der Waals surface area contributed by atoms with E-state index in [1.807, 2.05) is 37.3 Å². The first-order valence-electron chi connectivity index (χ1n) is 6.49. The number of carbonyl (C=O) groups excluding carboxylic acids is 1. The van der Waals surface area contributed by atoms with Crippen molar-refractivity contribution in [3.8, 4) is 6.07 Å². The predicted octanol–water partition coefficient (Wildman–Crippen LogP) is 2.95. The summed E-state index contributed by atoms with van der Waals surface area (Å²) in [4.78, 5) is 12.2. The largest absolute Gasteiger partial charge is 0.348 e. The second kappa shape index (κ2) is 5.22. The van der Waals surface area contributed by atoms with Gasteiger partial charge in [0.25, 0.3) is 0 Å². The maximum Gasteiger partial charge on any atom is 0.240 e. The van der Waals surface area contributed by atoms with Gasteiger partial charge >= 0.3 is 0 Å². The zero-order valence-corrected chi connectivity index (χ0v) is 10.6. The molecule has 1 aromatic carbocycles. The summed E-state index contributed by atoms with van der Waals surface area (Å²) >= 11 is 0. The normalized spacial score (nSPS) is 18.2. The van der Waals surface area contributed by atoms with Crippen molar-refractivity contribution in [3.05, 3.63) is 35.9 Å². The molecule has 3 heteroatoms. The van der Waals surface area contributed by atoms with Crippen molar-refractivity contribution >= 4 is 5.91 Å². The zero-order valence-electron chi connectivity index (χ0n) is 10.6. The van der Waals surface area contributed by atoms with Crippen molar-refractivity contribution in [2.45, 2.75) is 38.6 Å². The van der Waals surface area contributed by atoms with Crippen LogP contribution in [-0.4, -0.2) is 5.91 Å². The lowest BCUT2D eigenvalue weighted by molar-refractivity contribution is -0.132. The van der Waals surface area contributed by atoms with E-state index in [2.05, 4.69) is 11.4 Å². The van der Waals surface area contributed by atoms with Crippen molar-refractivity contribution in [2.75, 3.05) is 0 Å². The minimum Gasteiger partial charge on any atom is -0.348 e. The Bertz CT molecular complexity index is 457. The number of nitriles is 1. The van der Waals surface area contributed by atoms with Crippen LogP contribution in [0.25, 0.3) is 0 Å². The predicted molar refractivity (Wildman–Crippen MR) is 69.5 cm³/mol. The molecule has 94 valence electrons. The summed E-state index contributed by atoms with van der Waals surface area (Å²) in [7, 11) is 0. The minimum absolute atomic E-state index is 0.00419. The van der Waals surface area contributed by atoms with Gasteiger partial charge in [-0.2, -0.15) is 5.26 Å². The Morgan fingerprint density at radius 3 is 2.56 bits per heavy atom. The molecule has 1 fully saturated rings. The maximum atomic E-state index is 12.2. The number of amides is 1. The molecule has 1 aromatic rings. The fourth-order valence-electron chi connectivity index (χ4n) is 2.32. The summed E-state index contributed by atoms with van der Waals surface area (Å²) in [5.41, 5.74) is 0.336. The van der Waals surface area contributed by atoms with E-state index in [0.29, 0.717) is 12.8 Å². The Morgan fingerprint density at radius 2 is 2.11 bits per heavy atom. The molecule has 1 aliphatic carbocycles. The standard InChI is InChI=1S/C15H18N2O/c1-2-13(12-7-4-3-5-8-12)17-14(18)15(11-16)9-6-10-15/h3-5,7-8,13H,2,6,9-10H2,1H3,(H,17,18). The highest BCUT2D eigenvalue weighted by Crippen LogP contribution is 2.40.